The summed E-state index contributed by atoms with van der Waals surface area (Å²) >= 11 is 0. The first-order valence-corrected chi connectivity index (χ1v) is 7.18. The molecule has 6 heteroatoms. The molecule has 2 heterocycles. The topological polar surface area (TPSA) is 56.1 Å². The van der Waals surface area contributed by atoms with Crippen LogP contribution < -0.4 is 4.90 Å². The maximum Gasteiger partial charge on any atom is 0.147 e. The number of nitriles is 1. The first-order valence-electron chi connectivity index (χ1n) is 7.18. The molecule has 2 aromatic rings. The molecule has 1 aliphatic heterocycles. The summed E-state index contributed by atoms with van der Waals surface area (Å²) in [4.78, 5) is 12.7. The van der Waals surface area contributed by atoms with Gasteiger partial charge in [0.25, 0.3) is 0 Å². The second-order valence-corrected chi connectivity index (χ2v) is 5.24. The summed E-state index contributed by atoms with van der Waals surface area (Å²) in [5, 5.41) is 8.91. The van der Waals surface area contributed by atoms with Gasteiger partial charge < -0.3 is 4.90 Å². The van der Waals surface area contributed by atoms with Crippen LogP contribution >= 0.6 is 0 Å². The number of anilines is 1. The molecule has 22 heavy (non-hydrogen) atoms. The van der Waals surface area contributed by atoms with Crippen molar-refractivity contribution in [1.29, 1.82) is 5.26 Å². The van der Waals surface area contributed by atoms with E-state index in [0.717, 1.165) is 32.0 Å². The van der Waals surface area contributed by atoms with Gasteiger partial charge in [-0.2, -0.15) is 5.26 Å². The van der Waals surface area contributed by atoms with E-state index in [9.17, 15) is 4.39 Å². The van der Waals surface area contributed by atoms with Crippen molar-refractivity contribution in [1.82, 2.24) is 14.9 Å². The minimum Gasteiger partial charge on any atom is -0.353 e. The molecule has 0 amide bonds. The van der Waals surface area contributed by atoms with Gasteiger partial charge in [0.2, 0.25) is 0 Å². The Morgan fingerprint density at radius 2 is 2.00 bits per heavy atom. The van der Waals surface area contributed by atoms with Crippen molar-refractivity contribution in [2.75, 3.05) is 31.1 Å². The lowest BCUT2D eigenvalue weighted by Gasteiger charge is -2.35. The molecule has 5 nitrogen and oxygen atoms in total. The summed E-state index contributed by atoms with van der Waals surface area (Å²) in [6, 6.07) is 6.55. The molecule has 112 valence electrons. The maximum absolute atomic E-state index is 13.8. The Kier molecular flexibility index (Phi) is 4.26. The average molecular weight is 297 g/mol. The fourth-order valence-electron chi connectivity index (χ4n) is 2.60. The molecule has 1 aromatic carbocycles. The second-order valence-electron chi connectivity index (χ2n) is 5.24. The van der Waals surface area contributed by atoms with Crippen LogP contribution in [0.2, 0.25) is 0 Å². The van der Waals surface area contributed by atoms with E-state index >= 15 is 0 Å². The fraction of sp³-hybridized carbons (Fsp3) is 0.312. The minimum atomic E-state index is -0.254. The van der Waals surface area contributed by atoms with Gasteiger partial charge in [-0.15, -0.1) is 0 Å². The predicted octanol–water partition coefficient (Wildman–Crippen LogP) is 1.81. The minimum absolute atomic E-state index is 0.254. The zero-order valence-electron chi connectivity index (χ0n) is 12.1. The second kappa shape index (κ2) is 6.50. The van der Waals surface area contributed by atoms with Crippen molar-refractivity contribution < 1.29 is 4.39 Å². The summed E-state index contributed by atoms with van der Waals surface area (Å²) < 4.78 is 13.8. The van der Waals surface area contributed by atoms with Gasteiger partial charge in [0, 0.05) is 50.7 Å². The van der Waals surface area contributed by atoms with Gasteiger partial charge in [0.05, 0.1) is 17.8 Å². The molecule has 0 radical (unpaired) electrons. The third kappa shape index (κ3) is 3.21. The molecule has 1 aliphatic rings. The highest BCUT2D eigenvalue weighted by molar-refractivity contribution is 5.36. The van der Waals surface area contributed by atoms with Crippen molar-refractivity contribution in [3.05, 3.63) is 53.7 Å². The Labute approximate surface area is 128 Å². The van der Waals surface area contributed by atoms with E-state index < -0.39 is 0 Å². The normalized spacial score (nSPS) is 15.5. The largest absolute Gasteiger partial charge is 0.353 e. The SMILES string of the molecule is N#Cc1ccc(F)c(CN2CCN(c3cnccn3)CC2)c1. The lowest BCUT2D eigenvalue weighted by Crippen LogP contribution is -2.46. The average Bonchev–Trinajstić information content (AvgIpc) is 2.58. The number of nitrogens with zero attached hydrogens (tertiary/aromatic N) is 5. The Balaban J connectivity index is 1.62. The number of benzene rings is 1. The molecule has 0 unspecified atom stereocenters. The zero-order valence-corrected chi connectivity index (χ0v) is 12.1. The first kappa shape index (κ1) is 14.4. The number of hydrogen-bond acceptors (Lipinski definition) is 5. The highest BCUT2D eigenvalue weighted by Crippen LogP contribution is 2.16. The van der Waals surface area contributed by atoms with Crippen LogP contribution in [-0.4, -0.2) is 41.0 Å². The van der Waals surface area contributed by atoms with Gasteiger partial charge in [-0.3, -0.25) is 9.88 Å². The van der Waals surface area contributed by atoms with E-state index in [4.69, 9.17) is 5.26 Å². The standard InChI is InChI=1S/C16H16FN5/c17-15-2-1-13(10-18)9-14(15)12-21-5-7-22(8-6-21)16-11-19-3-4-20-16/h1-4,9,11H,5-8,12H2. The van der Waals surface area contributed by atoms with E-state index in [1.807, 2.05) is 0 Å². The summed E-state index contributed by atoms with van der Waals surface area (Å²) in [5.41, 5.74) is 1.07. The van der Waals surface area contributed by atoms with Gasteiger partial charge in [-0.05, 0) is 18.2 Å². The molecule has 1 saturated heterocycles. The predicted molar refractivity (Wildman–Crippen MR) is 80.6 cm³/mol. The van der Waals surface area contributed by atoms with E-state index in [-0.39, 0.29) is 5.82 Å². The van der Waals surface area contributed by atoms with E-state index in [1.165, 1.54) is 12.1 Å². The molecule has 1 fully saturated rings. The van der Waals surface area contributed by atoms with E-state index in [1.54, 1.807) is 24.7 Å². The number of aromatic nitrogens is 2. The molecular weight excluding hydrogens is 281 g/mol. The van der Waals surface area contributed by atoms with Crippen molar-refractivity contribution in [3.8, 4) is 6.07 Å². The molecule has 1 aromatic heterocycles. The van der Waals surface area contributed by atoms with Crippen molar-refractivity contribution in [2.45, 2.75) is 6.54 Å². The Bertz CT molecular complexity index is 675. The smallest absolute Gasteiger partial charge is 0.147 e. The Morgan fingerprint density at radius 1 is 1.18 bits per heavy atom. The third-order valence-electron chi connectivity index (χ3n) is 3.81. The van der Waals surface area contributed by atoms with Gasteiger partial charge >= 0.3 is 0 Å². The van der Waals surface area contributed by atoms with Crippen LogP contribution in [0.1, 0.15) is 11.1 Å². The van der Waals surface area contributed by atoms with Crippen LogP contribution in [0.15, 0.2) is 36.8 Å². The summed E-state index contributed by atoms with van der Waals surface area (Å²) in [6.07, 6.45) is 5.10. The van der Waals surface area contributed by atoms with Crippen LogP contribution in [-0.2, 0) is 6.54 Å². The van der Waals surface area contributed by atoms with Gasteiger partial charge in [0.1, 0.15) is 11.6 Å². The first-order chi connectivity index (χ1) is 10.8. The van der Waals surface area contributed by atoms with Crippen LogP contribution in [0.4, 0.5) is 10.2 Å². The molecular formula is C16H16FN5. The number of halogens is 1. The lowest BCUT2D eigenvalue weighted by atomic mass is 10.1. The van der Waals surface area contributed by atoms with Crippen molar-refractivity contribution in [2.24, 2.45) is 0 Å². The summed E-state index contributed by atoms with van der Waals surface area (Å²) in [7, 11) is 0. The van der Waals surface area contributed by atoms with Crippen LogP contribution in [0, 0.1) is 17.1 Å². The van der Waals surface area contributed by atoms with Crippen LogP contribution in [0.5, 0.6) is 0 Å². The Morgan fingerprint density at radius 3 is 2.68 bits per heavy atom. The number of hydrogen-bond donors (Lipinski definition) is 0. The van der Waals surface area contributed by atoms with E-state index in [2.05, 4.69) is 25.8 Å². The zero-order chi connectivity index (χ0) is 15.4. The molecule has 0 N–H and O–H groups in total. The third-order valence-corrected chi connectivity index (χ3v) is 3.81. The van der Waals surface area contributed by atoms with Crippen LogP contribution in [0.25, 0.3) is 0 Å². The van der Waals surface area contributed by atoms with Gasteiger partial charge in [0.15, 0.2) is 0 Å². The maximum atomic E-state index is 13.8. The molecule has 0 bridgehead atoms. The molecule has 3 rings (SSSR count). The summed E-state index contributed by atoms with van der Waals surface area (Å²) in [5.74, 6) is 0.621. The highest BCUT2D eigenvalue weighted by atomic mass is 19.1. The fourth-order valence-corrected chi connectivity index (χ4v) is 2.60. The summed E-state index contributed by atoms with van der Waals surface area (Å²) in [6.45, 7) is 3.84. The number of rotatable bonds is 3. The van der Waals surface area contributed by atoms with Gasteiger partial charge in [-0.1, -0.05) is 0 Å². The lowest BCUT2D eigenvalue weighted by molar-refractivity contribution is 0.246. The Hall–Kier alpha value is -2.52. The number of piperazine rings is 1. The molecule has 0 aliphatic carbocycles. The van der Waals surface area contributed by atoms with E-state index in [0.29, 0.717) is 17.7 Å². The quantitative estimate of drug-likeness (QED) is 0.865. The van der Waals surface area contributed by atoms with Crippen molar-refractivity contribution in [3.63, 3.8) is 0 Å². The molecule has 0 saturated carbocycles. The van der Waals surface area contributed by atoms with Crippen molar-refractivity contribution >= 4 is 5.82 Å². The molecule has 0 spiro atoms. The van der Waals surface area contributed by atoms with Gasteiger partial charge in [-0.25, -0.2) is 9.37 Å². The molecule has 0 atom stereocenters. The highest BCUT2D eigenvalue weighted by Gasteiger charge is 2.19. The van der Waals surface area contributed by atoms with Crippen LogP contribution in [0.3, 0.4) is 0 Å². The monoisotopic (exact) mass is 297 g/mol.